The lowest BCUT2D eigenvalue weighted by molar-refractivity contribution is -0.146. The van der Waals surface area contributed by atoms with Crippen LogP contribution in [0.3, 0.4) is 0 Å². The van der Waals surface area contributed by atoms with Crippen molar-refractivity contribution in [2.45, 2.75) is 63.5 Å². The van der Waals surface area contributed by atoms with Crippen LogP contribution in [-0.4, -0.2) is 42.1 Å². The van der Waals surface area contributed by atoms with E-state index in [4.69, 9.17) is 10.5 Å². The molecule has 1 aliphatic carbocycles. The Morgan fingerprint density at radius 3 is 2.74 bits per heavy atom. The van der Waals surface area contributed by atoms with Crippen LogP contribution < -0.4 is 5.73 Å². The van der Waals surface area contributed by atoms with Crippen molar-refractivity contribution >= 4 is 5.91 Å². The van der Waals surface area contributed by atoms with Gasteiger partial charge in [-0.1, -0.05) is 19.8 Å². The van der Waals surface area contributed by atoms with Crippen molar-refractivity contribution in [1.82, 2.24) is 4.90 Å². The van der Waals surface area contributed by atoms with Crippen molar-refractivity contribution in [2.75, 3.05) is 20.2 Å². The first-order valence-corrected chi connectivity index (χ1v) is 7.52. The summed E-state index contributed by atoms with van der Waals surface area (Å²) in [6.45, 7) is 5.78. The third-order valence-corrected chi connectivity index (χ3v) is 4.90. The highest BCUT2D eigenvalue weighted by atomic mass is 16.5. The van der Waals surface area contributed by atoms with E-state index in [1.165, 1.54) is 6.42 Å². The quantitative estimate of drug-likeness (QED) is 0.832. The van der Waals surface area contributed by atoms with Gasteiger partial charge in [-0.05, 0) is 38.5 Å². The molecule has 2 N–H and O–H groups in total. The Morgan fingerprint density at radius 2 is 2.11 bits per heavy atom. The van der Waals surface area contributed by atoms with Gasteiger partial charge in [-0.2, -0.15) is 0 Å². The summed E-state index contributed by atoms with van der Waals surface area (Å²) >= 11 is 0. The van der Waals surface area contributed by atoms with Crippen LogP contribution in [0.4, 0.5) is 0 Å². The first-order valence-electron chi connectivity index (χ1n) is 7.52. The maximum Gasteiger partial charge on any atom is 0.242 e. The molecule has 1 saturated carbocycles. The Morgan fingerprint density at radius 1 is 1.37 bits per heavy atom. The van der Waals surface area contributed by atoms with Gasteiger partial charge in [0.1, 0.15) is 0 Å². The highest BCUT2D eigenvalue weighted by molar-refractivity contribution is 5.86. The highest BCUT2D eigenvalue weighted by Gasteiger charge is 2.43. The minimum absolute atomic E-state index is 0.141. The van der Waals surface area contributed by atoms with Crippen LogP contribution in [0.2, 0.25) is 0 Å². The zero-order chi connectivity index (χ0) is 14.1. The maximum atomic E-state index is 12.8. The zero-order valence-electron chi connectivity index (χ0n) is 12.6. The summed E-state index contributed by atoms with van der Waals surface area (Å²) in [5, 5.41) is 0. The number of ether oxygens (including phenoxy) is 1. The third-order valence-electron chi connectivity index (χ3n) is 4.90. The monoisotopic (exact) mass is 268 g/mol. The number of nitrogens with zero attached hydrogens (tertiary/aromatic N) is 1. The lowest BCUT2D eigenvalue weighted by Gasteiger charge is -2.44. The number of rotatable bonds is 2. The Kier molecular flexibility index (Phi) is 4.21. The lowest BCUT2D eigenvalue weighted by Crippen LogP contribution is -2.61. The van der Waals surface area contributed by atoms with Crippen LogP contribution in [0.1, 0.15) is 52.4 Å². The predicted octanol–water partition coefficient (Wildman–Crippen LogP) is 1.92. The normalized spacial score (nSPS) is 40.2. The largest absolute Gasteiger partial charge is 0.377 e. The average molecular weight is 268 g/mol. The summed E-state index contributed by atoms with van der Waals surface area (Å²) in [6.07, 6.45) is 5.94. The first kappa shape index (κ1) is 14.8. The Hall–Kier alpha value is -0.610. The van der Waals surface area contributed by atoms with E-state index in [9.17, 15) is 4.79 Å². The summed E-state index contributed by atoms with van der Waals surface area (Å²) in [7, 11) is 1.73. The van der Waals surface area contributed by atoms with E-state index >= 15 is 0 Å². The molecule has 4 heteroatoms. The van der Waals surface area contributed by atoms with Crippen LogP contribution in [0.25, 0.3) is 0 Å². The molecule has 2 fully saturated rings. The molecule has 19 heavy (non-hydrogen) atoms. The SMILES string of the molecule is COC1(C)CCCN(C(=O)C2(N)CCCC(C)C2)C1. The zero-order valence-corrected chi connectivity index (χ0v) is 12.6. The molecule has 0 aromatic heterocycles. The minimum Gasteiger partial charge on any atom is -0.377 e. The molecule has 0 aromatic rings. The van der Waals surface area contributed by atoms with Crippen molar-refractivity contribution in [3.63, 3.8) is 0 Å². The van der Waals surface area contributed by atoms with Crippen molar-refractivity contribution in [3.8, 4) is 0 Å². The van der Waals surface area contributed by atoms with E-state index in [2.05, 4.69) is 13.8 Å². The molecule has 2 rings (SSSR count). The van der Waals surface area contributed by atoms with E-state index < -0.39 is 5.54 Å². The molecule has 1 aliphatic heterocycles. The van der Waals surface area contributed by atoms with Gasteiger partial charge in [-0.25, -0.2) is 0 Å². The second-order valence-electron chi connectivity index (χ2n) is 6.84. The number of nitrogens with two attached hydrogens (primary N) is 1. The third kappa shape index (κ3) is 3.11. The van der Waals surface area contributed by atoms with Gasteiger partial charge in [0.15, 0.2) is 0 Å². The summed E-state index contributed by atoms with van der Waals surface area (Å²) < 4.78 is 5.57. The smallest absolute Gasteiger partial charge is 0.242 e. The molecular weight excluding hydrogens is 240 g/mol. The van der Waals surface area contributed by atoms with E-state index in [0.717, 1.165) is 38.6 Å². The maximum absolute atomic E-state index is 12.8. The van der Waals surface area contributed by atoms with Crippen molar-refractivity contribution < 1.29 is 9.53 Å². The molecule has 0 spiro atoms. The van der Waals surface area contributed by atoms with Crippen LogP contribution in [0, 0.1) is 5.92 Å². The number of hydrogen-bond acceptors (Lipinski definition) is 3. The van der Waals surface area contributed by atoms with E-state index in [0.29, 0.717) is 12.5 Å². The topological polar surface area (TPSA) is 55.6 Å². The van der Waals surface area contributed by atoms with Gasteiger partial charge in [-0.15, -0.1) is 0 Å². The molecule has 0 bridgehead atoms. The first-order chi connectivity index (χ1) is 8.88. The molecule has 1 heterocycles. The number of methoxy groups -OCH3 is 1. The minimum atomic E-state index is -0.635. The van der Waals surface area contributed by atoms with E-state index in [1.807, 2.05) is 4.90 Å². The standard InChI is InChI=1S/C15H28N2O2/c1-12-6-4-8-15(16,10-12)13(18)17-9-5-7-14(2,11-17)19-3/h12H,4-11,16H2,1-3H3. The number of piperidine rings is 1. The fourth-order valence-electron chi connectivity index (χ4n) is 3.65. The molecule has 0 radical (unpaired) electrons. The molecule has 2 aliphatic rings. The molecule has 110 valence electrons. The van der Waals surface area contributed by atoms with Gasteiger partial charge < -0.3 is 15.4 Å². The fourth-order valence-corrected chi connectivity index (χ4v) is 3.65. The predicted molar refractivity (Wildman–Crippen MR) is 75.8 cm³/mol. The van der Waals surface area contributed by atoms with E-state index in [1.54, 1.807) is 7.11 Å². The van der Waals surface area contributed by atoms with Crippen LogP contribution >= 0.6 is 0 Å². The molecule has 0 aromatic carbocycles. The van der Waals surface area contributed by atoms with Crippen molar-refractivity contribution in [2.24, 2.45) is 11.7 Å². The number of carbonyl (C=O) groups excluding carboxylic acids is 1. The number of carbonyl (C=O) groups is 1. The summed E-state index contributed by atoms with van der Waals surface area (Å²) in [5.41, 5.74) is 5.58. The van der Waals surface area contributed by atoms with Crippen LogP contribution in [0.15, 0.2) is 0 Å². The van der Waals surface area contributed by atoms with Crippen LogP contribution in [0.5, 0.6) is 0 Å². The molecule has 1 saturated heterocycles. The second kappa shape index (κ2) is 5.41. The summed E-state index contributed by atoms with van der Waals surface area (Å²) in [4.78, 5) is 14.7. The van der Waals surface area contributed by atoms with Crippen molar-refractivity contribution in [1.29, 1.82) is 0 Å². The molecule has 4 nitrogen and oxygen atoms in total. The van der Waals surface area contributed by atoms with Gasteiger partial charge in [0.25, 0.3) is 0 Å². The summed E-state index contributed by atoms with van der Waals surface area (Å²) in [5.74, 6) is 0.698. The number of amides is 1. The average Bonchev–Trinajstić information content (AvgIpc) is 2.37. The fraction of sp³-hybridized carbons (Fsp3) is 0.933. The van der Waals surface area contributed by atoms with Gasteiger partial charge >= 0.3 is 0 Å². The molecule has 1 amide bonds. The molecule has 3 unspecified atom stereocenters. The number of hydrogen-bond donors (Lipinski definition) is 1. The Bertz CT molecular complexity index is 347. The van der Waals surface area contributed by atoms with Crippen LogP contribution in [-0.2, 0) is 9.53 Å². The highest BCUT2D eigenvalue weighted by Crippen LogP contribution is 2.33. The van der Waals surface area contributed by atoms with Gasteiger partial charge in [0, 0.05) is 20.2 Å². The molecular formula is C15H28N2O2. The van der Waals surface area contributed by atoms with Gasteiger partial charge in [-0.3, -0.25) is 4.79 Å². The Balaban J connectivity index is 2.06. The van der Waals surface area contributed by atoms with E-state index in [-0.39, 0.29) is 11.5 Å². The number of likely N-dealkylation sites (tertiary alicyclic amines) is 1. The van der Waals surface area contributed by atoms with Gasteiger partial charge in [0.2, 0.25) is 5.91 Å². The van der Waals surface area contributed by atoms with Crippen molar-refractivity contribution in [3.05, 3.63) is 0 Å². The Labute approximate surface area is 116 Å². The second-order valence-corrected chi connectivity index (χ2v) is 6.84. The lowest BCUT2D eigenvalue weighted by atomic mass is 9.76. The summed E-state index contributed by atoms with van der Waals surface area (Å²) in [6, 6.07) is 0. The van der Waals surface area contributed by atoms with Gasteiger partial charge in [0.05, 0.1) is 11.1 Å². The molecule has 3 atom stereocenters.